The number of aryl methyl sites for hydroxylation is 1. The Bertz CT molecular complexity index is 1260. The van der Waals surface area contributed by atoms with E-state index in [4.69, 9.17) is 21.1 Å². The Morgan fingerprint density at radius 1 is 1.32 bits per heavy atom. The lowest BCUT2D eigenvalue weighted by atomic mass is 9.68. The Morgan fingerprint density at radius 3 is 2.80 bits per heavy atom. The number of benzene rings is 2. The number of fused-ring (bicyclic) bond motifs is 3. The molecule has 1 fully saturated rings. The number of anilines is 1. The average molecular weight is 585 g/mol. The molecule has 0 saturated heterocycles. The summed E-state index contributed by atoms with van der Waals surface area (Å²) in [7, 11) is 1.41. The van der Waals surface area contributed by atoms with E-state index in [1.165, 1.54) is 18.2 Å². The summed E-state index contributed by atoms with van der Waals surface area (Å²) in [5, 5.41) is 0.765. The second kappa shape index (κ2) is 11.6. The van der Waals surface area contributed by atoms with Gasteiger partial charge >= 0.3 is 5.97 Å². The topological polar surface area (TPSA) is 73.9 Å². The maximum absolute atomic E-state index is 12.9. The number of halogens is 1. The summed E-state index contributed by atoms with van der Waals surface area (Å²) in [6, 6.07) is 11.8. The first-order valence-corrected chi connectivity index (χ1v) is 15.8. The van der Waals surface area contributed by atoms with Crippen molar-refractivity contribution < 1.29 is 18.8 Å². The summed E-state index contributed by atoms with van der Waals surface area (Å²) >= 11 is 5.22. The molecule has 1 heterocycles. The second-order valence-electron chi connectivity index (χ2n) is 12.5. The van der Waals surface area contributed by atoms with Gasteiger partial charge in [-0.1, -0.05) is 23.7 Å². The lowest BCUT2D eigenvalue weighted by molar-refractivity contribution is 0.0600. The summed E-state index contributed by atoms with van der Waals surface area (Å²) in [5.74, 6) is 1.13. The Labute approximate surface area is 246 Å². The molecular formula is C32H41ClN2O4S. The molecule has 2 aromatic carbocycles. The van der Waals surface area contributed by atoms with Gasteiger partial charge < -0.3 is 18.9 Å². The Morgan fingerprint density at radius 2 is 2.12 bits per heavy atom. The number of nitrogens with one attached hydrogen (secondary N) is 1. The van der Waals surface area contributed by atoms with Gasteiger partial charge in [-0.2, -0.15) is 0 Å². The molecule has 1 aliphatic heterocycles. The van der Waals surface area contributed by atoms with Crippen LogP contribution in [0.15, 0.2) is 49.1 Å². The number of carbonyl (C=O) groups is 1. The summed E-state index contributed by atoms with van der Waals surface area (Å²) in [4.78, 5) is 14.9. The molecule has 2 aliphatic carbocycles. The molecule has 40 heavy (non-hydrogen) atoms. The molecule has 3 aliphatic rings. The lowest BCUT2D eigenvalue weighted by Gasteiger charge is -2.46. The van der Waals surface area contributed by atoms with E-state index in [1.807, 2.05) is 45.0 Å². The summed E-state index contributed by atoms with van der Waals surface area (Å²) < 4.78 is 27.5. The minimum absolute atomic E-state index is 0.0329. The van der Waals surface area contributed by atoms with Crippen LogP contribution in [0.2, 0.25) is 5.02 Å². The van der Waals surface area contributed by atoms with Crippen molar-refractivity contribution in [3.05, 3.63) is 70.8 Å². The number of ether oxygens (including phenoxy) is 2. The highest BCUT2D eigenvalue weighted by molar-refractivity contribution is 7.90. The van der Waals surface area contributed by atoms with Crippen molar-refractivity contribution in [2.75, 3.05) is 31.7 Å². The van der Waals surface area contributed by atoms with Crippen LogP contribution in [0, 0.1) is 11.8 Å². The van der Waals surface area contributed by atoms with Crippen LogP contribution < -0.4 is 14.4 Å². The van der Waals surface area contributed by atoms with Gasteiger partial charge in [0.05, 0.1) is 31.0 Å². The summed E-state index contributed by atoms with van der Waals surface area (Å²) in [6.07, 6.45) is 7.16. The van der Waals surface area contributed by atoms with Crippen molar-refractivity contribution in [3.8, 4) is 5.75 Å². The Balaban J connectivity index is 1.48. The van der Waals surface area contributed by atoms with E-state index in [0.717, 1.165) is 61.7 Å². The zero-order valence-corrected chi connectivity index (χ0v) is 25.6. The fourth-order valence-electron chi connectivity index (χ4n) is 6.55. The van der Waals surface area contributed by atoms with E-state index >= 15 is 0 Å². The SMILES string of the molecule is C=C[C@H](N[S+]([O-])C(C)(C)C)[C@@H]1CC[C@H]1CN1C[C@@]2(CCCc3cc(Cl)ccc32)COc2ccc(C(=O)OC)cc21. The summed E-state index contributed by atoms with van der Waals surface area (Å²) in [5.41, 5.74) is 3.85. The molecule has 5 atom stereocenters. The van der Waals surface area contributed by atoms with E-state index in [9.17, 15) is 9.35 Å². The smallest absolute Gasteiger partial charge is 0.337 e. The van der Waals surface area contributed by atoms with Crippen LogP contribution in [0.5, 0.6) is 5.75 Å². The number of hydrogen-bond acceptors (Lipinski definition) is 6. The van der Waals surface area contributed by atoms with Gasteiger partial charge in [0.1, 0.15) is 10.5 Å². The molecule has 5 rings (SSSR count). The van der Waals surface area contributed by atoms with E-state index in [-0.39, 0.29) is 22.2 Å². The third kappa shape index (κ3) is 5.76. The van der Waals surface area contributed by atoms with Gasteiger partial charge in [0.15, 0.2) is 0 Å². The number of carbonyl (C=O) groups excluding carboxylic acids is 1. The quantitative estimate of drug-likeness (QED) is 0.236. The first kappa shape index (κ1) is 29.3. The average Bonchev–Trinajstić information content (AvgIpc) is 3.06. The molecule has 0 radical (unpaired) electrons. The van der Waals surface area contributed by atoms with Gasteiger partial charge in [-0.25, -0.2) is 4.79 Å². The van der Waals surface area contributed by atoms with Gasteiger partial charge in [0, 0.05) is 34.9 Å². The molecule has 0 aromatic heterocycles. The number of methoxy groups -OCH3 is 1. The van der Waals surface area contributed by atoms with Gasteiger partial charge in [-0.3, -0.25) is 0 Å². The standard InChI is InChI=1S/C32H41ClN2O4S/c1-6-27(34-40(37)31(2,3)4)25-12-9-23(25)18-35-19-32(15-7-8-21-16-24(33)11-13-26(21)32)20-39-29-14-10-22(17-28(29)35)30(36)38-5/h6,10-11,13-14,16-17,23,25,27,34H,1,7-9,12,15,18-20H2,2-5H3/t23-,25+,27-,32-,40?/m0/s1. The maximum atomic E-state index is 12.9. The minimum Gasteiger partial charge on any atom is -0.598 e. The van der Waals surface area contributed by atoms with Crippen LogP contribution in [0.3, 0.4) is 0 Å². The number of nitrogens with zero attached hydrogens (tertiary/aromatic N) is 1. The van der Waals surface area contributed by atoms with Gasteiger partial charge in [-0.15, -0.1) is 11.3 Å². The van der Waals surface area contributed by atoms with E-state index in [2.05, 4.69) is 28.3 Å². The van der Waals surface area contributed by atoms with Crippen LogP contribution in [0.4, 0.5) is 5.69 Å². The van der Waals surface area contributed by atoms with Crippen molar-refractivity contribution in [1.82, 2.24) is 4.72 Å². The van der Waals surface area contributed by atoms with Crippen molar-refractivity contribution in [1.29, 1.82) is 0 Å². The largest absolute Gasteiger partial charge is 0.598 e. The van der Waals surface area contributed by atoms with E-state index in [0.29, 0.717) is 24.0 Å². The molecule has 0 amide bonds. The zero-order chi connectivity index (χ0) is 28.7. The fraction of sp³-hybridized carbons (Fsp3) is 0.531. The fourth-order valence-corrected chi connectivity index (χ4v) is 7.61. The van der Waals surface area contributed by atoms with Crippen molar-refractivity contribution in [3.63, 3.8) is 0 Å². The van der Waals surface area contributed by atoms with Gasteiger partial charge in [0.25, 0.3) is 0 Å². The monoisotopic (exact) mass is 584 g/mol. The van der Waals surface area contributed by atoms with Gasteiger partial charge in [0.2, 0.25) is 0 Å². The normalized spacial score (nSPS) is 25.5. The minimum atomic E-state index is -1.18. The van der Waals surface area contributed by atoms with Crippen molar-refractivity contribution in [2.24, 2.45) is 11.8 Å². The van der Waals surface area contributed by atoms with E-state index < -0.39 is 11.4 Å². The highest BCUT2D eigenvalue weighted by atomic mass is 35.5. The van der Waals surface area contributed by atoms with Crippen molar-refractivity contribution >= 4 is 34.6 Å². The highest BCUT2D eigenvalue weighted by Crippen LogP contribution is 2.46. The van der Waals surface area contributed by atoms with Crippen LogP contribution in [-0.2, 0) is 27.9 Å². The summed E-state index contributed by atoms with van der Waals surface area (Å²) in [6.45, 7) is 12.2. The predicted octanol–water partition coefficient (Wildman–Crippen LogP) is 6.23. The van der Waals surface area contributed by atoms with Crippen molar-refractivity contribution in [2.45, 2.75) is 69.1 Å². The second-order valence-corrected chi connectivity index (χ2v) is 15.0. The predicted molar refractivity (Wildman–Crippen MR) is 163 cm³/mol. The number of esters is 1. The molecule has 8 heteroatoms. The molecular weight excluding hydrogens is 544 g/mol. The Kier molecular flexibility index (Phi) is 8.49. The molecule has 1 saturated carbocycles. The van der Waals surface area contributed by atoms with E-state index in [1.54, 1.807) is 6.07 Å². The first-order valence-electron chi connectivity index (χ1n) is 14.2. The first-order chi connectivity index (χ1) is 19.0. The third-order valence-electron chi connectivity index (χ3n) is 8.90. The highest BCUT2D eigenvalue weighted by Gasteiger charge is 2.45. The van der Waals surface area contributed by atoms with Crippen LogP contribution in [0.1, 0.15) is 67.9 Å². The Hall–Kier alpha value is -2.19. The molecule has 1 unspecified atom stereocenters. The molecule has 216 valence electrons. The molecule has 1 spiro atoms. The zero-order valence-electron chi connectivity index (χ0n) is 24.0. The molecule has 0 bridgehead atoms. The van der Waals surface area contributed by atoms with Crippen LogP contribution in [-0.4, -0.2) is 48.1 Å². The molecule has 1 N–H and O–H groups in total. The molecule has 6 nitrogen and oxygen atoms in total. The lowest BCUT2D eigenvalue weighted by Crippen LogP contribution is -2.53. The van der Waals surface area contributed by atoms with Crippen LogP contribution in [0.25, 0.3) is 0 Å². The third-order valence-corrected chi connectivity index (χ3v) is 10.7. The maximum Gasteiger partial charge on any atom is 0.337 e. The molecule has 2 aromatic rings. The van der Waals surface area contributed by atoms with Crippen LogP contribution >= 0.6 is 11.6 Å². The number of rotatable bonds is 7. The number of hydrogen-bond donors (Lipinski definition) is 1. The van der Waals surface area contributed by atoms with Gasteiger partial charge in [-0.05, 0) is 106 Å².